The number of aryl methyl sites for hydroxylation is 3. The third-order valence-corrected chi connectivity index (χ3v) is 7.85. The van der Waals surface area contributed by atoms with Crippen LogP contribution in [0.15, 0.2) is 29.3 Å². The summed E-state index contributed by atoms with van der Waals surface area (Å²) in [5.74, 6) is 1.44. The molecule has 0 spiro atoms. The Morgan fingerprint density at radius 3 is 2.86 bits per heavy atom. The van der Waals surface area contributed by atoms with Gasteiger partial charge in [-0.05, 0) is 55.7 Å². The molecule has 144 valence electrons. The van der Waals surface area contributed by atoms with E-state index in [1.165, 1.54) is 39.8 Å². The Labute approximate surface area is 173 Å². The highest BCUT2D eigenvalue weighted by Gasteiger charge is 2.23. The van der Waals surface area contributed by atoms with Crippen LogP contribution < -0.4 is 0 Å². The molecule has 1 aromatic carbocycles. The Bertz CT molecular complexity index is 1060. The van der Waals surface area contributed by atoms with Gasteiger partial charge in [-0.3, -0.25) is 4.79 Å². The number of carbonyl (C=O) groups excluding carboxylic acids is 1. The summed E-state index contributed by atoms with van der Waals surface area (Å²) in [7, 11) is 0. The van der Waals surface area contributed by atoms with E-state index in [9.17, 15) is 4.79 Å². The predicted octanol–water partition coefficient (Wildman–Crippen LogP) is 4.56. The molecule has 4 nitrogen and oxygen atoms in total. The van der Waals surface area contributed by atoms with E-state index < -0.39 is 0 Å². The Hall–Kier alpha value is -1.92. The summed E-state index contributed by atoms with van der Waals surface area (Å²) in [5.41, 5.74) is 4.09. The van der Waals surface area contributed by atoms with Gasteiger partial charge in [-0.15, -0.1) is 11.3 Å². The zero-order chi connectivity index (χ0) is 19.1. The van der Waals surface area contributed by atoms with Crippen LogP contribution in [0.5, 0.6) is 0 Å². The molecule has 1 aliphatic heterocycles. The van der Waals surface area contributed by atoms with Crippen LogP contribution in [-0.4, -0.2) is 33.1 Å². The van der Waals surface area contributed by atoms with E-state index in [0.717, 1.165) is 48.0 Å². The van der Waals surface area contributed by atoms with Gasteiger partial charge in [0.2, 0.25) is 5.91 Å². The lowest BCUT2D eigenvalue weighted by Crippen LogP contribution is -2.37. The van der Waals surface area contributed by atoms with Gasteiger partial charge in [-0.25, -0.2) is 9.97 Å². The smallest absolute Gasteiger partial charge is 0.233 e. The van der Waals surface area contributed by atoms with E-state index in [1.807, 2.05) is 23.2 Å². The third kappa shape index (κ3) is 3.33. The molecule has 1 amide bonds. The Kier molecular flexibility index (Phi) is 4.85. The number of aromatic nitrogens is 2. The first kappa shape index (κ1) is 18.1. The van der Waals surface area contributed by atoms with Crippen LogP contribution in [-0.2, 0) is 30.6 Å². The maximum absolute atomic E-state index is 12.9. The molecular weight excluding hydrogens is 386 g/mol. The van der Waals surface area contributed by atoms with Crippen molar-refractivity contribution in [1.82, 2.24) is 14.9 Å². The summed E-state index contributed by atoms with van der Waals surface area (Å²) in [4.78, 5) is 26.9. The van der Waals surface area contributed by atoms with Gasteiger partial charge in [-0.1, -0.05) is 36.0 Å². The SMILES string of the molecule is Cc1nc(SCC(=O)N2CCc3ccccc3C2)c2c3c(sc2n1)CCCC3. The molecule has 2 aliphatic rings. The number of benzene rings is 1. The lowest BCUT2D eigenvalue weighted by molar-refractivity contribution is -0.129. The first-order chi connectivity index (χ1) is 13.7. The van der Waals surface area contributed by atoms with Crippen molar-refractivity contribution in [3.05, 3.63) is 51.7 Å². The summed E-state index contributed by atoms with van der Waals surface area (Å²) in [6, 6.07) is 8.45. The fourth-order valence-electron chi connectivity index (χ4n) is 4.26. The van der Waals surface area contributed by atoms with Crippen molar-refractivity contribution in [2.75, 3.05) is 12.3 Å². The van der Waals surface area contributed by atoms with Crippen LogP contribution >= 0.6 is 23.1 Å². The molecule has 0 atom stereocenters. The van der Waals surface area contributed by atoms with Gasteiger partial charge in [0.25, 0.3) is 0 Å². The highest BCUT2D eigenvalue weighted by atomic mass is 32.2. The lowest BCUT2D eigenvalue weighted by Gasteiger charge is -2.28. The van der Waals surface area contributed by atoms with Gasteiger partial charge in [0.05, 0.1) is 5.75 Å². The summed E-state index contributed by atoms with van der Waals surface area (Å²) in [5, 5.41) is 2.21. The van der Waals surface area contributed by atoms with Crippen molar-refractivity contribution in [3.8, 4) is 0 Å². The number of amides is 1. The first-order valence-electron chi connectivity index (χ1n) is 9.95. The highest BCUT2D eigenvalue weighted by Crippen LogP contribution is 2.39. The quantitative estimate of drug-likeness (QED) is 0.470. The average molecular weight is 410 g/mol. The lowest BCUT2D eigenvalue weighted by atomic mass is 9.97. The van der Waals surface area contributed by atoms with Gasteiger partial charge >= 0.3 is 0 Å². The molecule has 6 heteroatoms. The largest absolute Gasteiger partial charge is 0.337 e. The molecule has 0 N–H and O–H groups in total. The molecule has 1 aliphatic carbocycles. The molecule has 3 heterocycles. The highest BCUT2D eigenvalue weighted by molar-refractivity contribution is 8.00. The molecule has 0 saturated heterocycles. The molecule has 3 aromatic rings. The van der Waals surface area contributed by atoms with Gasteiger partial charge in [-0.2, -0.15) is 0 Å². The van der Waals surface area contributed by atoms with Crippen LogP contribution in [0.3, 0.4) is 0 Å². The fourth-order valence-corrected chi connectivity index (χ4v) is 6.64. The van der Waals surface area contributed by atoms with E-state index in [2.05, 4.69) is 29.2 Å². The standard InChI is InChI=1S/C22H23N3OS2/c1-14-23-21(20-17-8-4-5-9-18(17)28-22(20)24-14)27-13-19(26)25-11-10-15-6-2-3-7-16(15)12-25/h2-3,6-7H,4-5,8-13H2,1H3. The minimum atomic E-state index is 0.202. The Morgan fingerprint density at radius 1 is 1.14 bits per heavy atom. The molecule has 0 saturated carbocycles. The van der Waals surface area contributed by atoms with Crippen LogP contribution in [0.25, 0.3) is 10.2 Å². The van der Waals surface area contributed by atoms with Crippen molar-refractivity contribution < 1.29 is 4.79 Å². The topological polar surface area (TPSA) is 46.1 Å². The van der Waals surface area contributed by atoms with E-state index in [-0.39, 0.29) is 5.91 Å². The van der Waals surface area contributed by atoms with Crippen molar-refractivity contribution >= 4 is 39.2 Å². The van der Waals surface area contributed by atoms with E-state index in [1.54, 1.807) is 11.8 Å². The van der Waals surface area contributed by atoms with Crippen molar-refractivity contribution in [2.45, 2.75) is 50.6 Å². The minimum Gasteiger partial charge on any atom is -0.337 e. The summed E-state index contributed by atoms with van der Waals surface area (Å²) in [6.45, 7) is 3.48. The van der Waals surface area contributed by atoms with Crippen LogP contribution in [0.2, 0.25) is 0 Å². The van der Waals surface area contributed by atoms with Crippen LogP contribution in [0.4, 0.5) is 0 Å². The number of nitrogens with zero attached hydrogens (tertiary/aromatic N) is 3. The van der Waals surface area contributed by atoms with Crippen molar-refractivity contribution in [3.63, 3.8) is 0 Å². The van der Waals surface area contributed by atoms with Crippen LogP contribution in [0, 0.1) is 6.92 Å². The first-order valence-corrected chi connectivity index (χ1v) is 11.8. The van der Waals surface area contributed by atoms with E-state index >= 15 is 0 Å². The third-order valence-electron chi connectivity index (χ3n) is 5.71. The summed E-state index contributed by atoms with van der Waals surface area (Å²) >= 11 is 3.41. The van der Waals surface area contributed by atoms with Gasteiger partial charge in [0.1, 0.15) is 15.7 Å². The normalized spacial score (nSPS) is 16.1. The zero-order valence-electron chi connectivity index (χ0n) is 16.0. The fraction of sp³-hybridized carbons (Fsp3) is 0.409. The molecule has 0 unspecified atom stereocenters. The van der Waals surface area contributed by atoms with E-state index in [4.69, 9.17) is 4.98 Å². The molecule has 5 rings (SSSR count). The molecule has 2 aromatic heterocycles. The van der Waals surface area contributed by atoms with E-state index in [0.29, 0.717) is 5.75 Å². The maximum Gasteiger partial charge on any atom is 0.233 e. The van der Waals surface area contributed by atoms with Gasteiger partial charge < -0.3 is 4.90 Å². The number of carbonyl (C=O) groups is 1. The Balaban J connectivity index is 1.36. The minimum absolute atomic E-state index is 0.202. The zero-order valence-corrected chi connectivity index (χ0v) is 17.7. The summed E-state index contributed by atoms with van der Waals surface area (Å²) in [6.07, 6.45) is 5.73. The van der Waals surface area contributed by atoms with Gasteiger partial charge in [0, 0.05) is 23.4 Å². The molecule has 0 fully saturated rings. The summed E-state index contributed by atoms with van der Waals surface area (Å²) < 4.78 is 0. The molecule has 0 bridgehead atoms. The molecular formula is C22H23N3OS2. The second-order valence-corrected chi connectivity index (χ2v) is 9.64. The number of hydrogen-bond acceptors (Lipinski definition) is 5. The number of thioether (sulfide) groups is 1. The second kappa shape index (κ2) is 7.48. The van der Waals surface area contributed by atoms with Crippen LogP contribution in [0.1, 0.15) is 40.2 Å². The Morgan fingerprint density at radius 2 is 1.96 bits per heavy atom. The maximum atomic E-state index is 12.9. The van der Waals surface area contributed by atoms with Crippen molar-refractivity contribution in [2.24, 2.45) is 0 Å². The number of hydrogen-bond donors (Lipinski definition) is 0. The second-order valence-electron chi connectivity index (χ2n) is 7.59. The molecule has 28 heavy (non-hydrogen) atoms. The monoisotopic (exact) mass is 409 g/mol. The van der Waals surface area contributed by atoms with Gasteiger partial charge in [0.15, 0.2) is 0 Å². The average Bonchev–Trinajstić information content (AvgIpc) is 3.09. The van der Waals surface area contributed by atoms with Crippen molar-refractivity contribution in [1.29, 1.82) is 0 Å². The predicted molar refractivity (Wildman–Crippen MR) is 115 cm³/mol. The number of thiophene rings is 1. The number of rotatable bonds is 3. The number of fused-ring (bicyclic) bond motifs is 4. The molecule has 0 radical (unpaired) electrons.